The first-order valence-corrected chi connectivity index (χ1v) is 22.4. The molecule has 0 bridgehead atoms. The van der Waals surface area contributed by atoms with Crippen molar-refractivity contribution in [2.45, 2.75) is 117 Å². The van der Waals surface area contributed by atoms with Crippen LogP contribution < -0.4 is 5.73 Å². The highest BCUT2D eigenvalue weighted by Crippen LogP contribution is 2.49. The number of benzene rings is 4. The Bertz CT molecular complexity index is 2380. The predicted molar refractivity (Wildman–Crippen MR) is 256 cm³/mol. The van der Waals surface area contributed by atoms with E-state index in [2.05, 4.69) is 187 Å². The van der Waals surface area contributed by atoms with Gasteiger partial charge in [-0.3, -0.25) is 0 Å². The molecule has 2 N–H and O–H groups in total. The maximum Gasteiger partial charge on any atom is 0.0396 e. The van der Waals surface area contributed by atoms with Crippen LogP contribution in [0.25, 0.3) is 22.4 Å². The molecular formula is C58H65N. The minimum atomic E-state index is -0.226. The van der Waals surface area contributed by atoms with E-state index in [1.165, 1.54) is 72.4 Å². The van der Waals surface area contributed by atoms with E-state index in [4.69, 9.17) is 5.73 Å². The van der Waals surface area contributed by atoms with Gasteiger partial charge in [-0.05, 0) is 157 Å². The Hall–Kier alpha value is -5.40. The first kappa shape index (κ1) is 41.7. The van der Waals surface area contributed by atoms with Gasteiger partial charge >= 0.3 is 0 Å². The minimum absolute atomic E-state index is 0.226. The zero-order valence-corrected chi connectivity index (χ0v) is 36.6. The zero-order chi connectivity index (χ0) is 41.4. The molecule has 0 saturated carbocycles. The van der Waals surface area contributed by atoms with Gasteiger partial charge in [0, 0.05) is 11.1 Å². The monoisotopic (exact) mass is 776 g/mol. The number of aryl methyl sites for hydroxylation is 1. The van der Waals surface area contributed by atoms with Crippen molar-refractivity contribution in [3.63, 3.8) is 0 Å². The molecule has 2 unspecified atom stereocenters. The zero-order valence-electron chi connectivity index (χ0n) is 36.6. The van der Waals surface area contributed by atoms with Crippen LogP contribution in [0.1, 0.15) is 133 Å². The van der Waals surface area contributed by atoms with Crippen molar-refractivity contribution in [1.82, 2.24) is 0 Å². The number of rotatable bonds is 14. The lowest BCUT2D eigenvalue weighted by molar-refractivity contribution is 0.497. The standard InChI is InChI=1S/C58H65N/c1-7-38-58(50-27-11-9-12-28-50,51-29-13-10-14-30-51)55(8-2)57(59)49-26-21-25-47(40-49)46-36-34-45(35-37-46)43(5)39-48-24-17-20-33-54(48)44(6)56(52-31-18-15-22-41(52)3)53-32-19-16-23-42(53)4/h9-13,15,18-22,25-29,31-37,40,43H,7-8,14,16-17,23-24,30,38-39,59H2,1-6H3/b56-44+,57-55-. The van der Waals surface area contributed by atoms with E-state index in [1.807, 2.05) is 0 Å². The lowest BCUT2D eigenvalue weighted by Crippen LogP contribution is -2.33. The fraction of sp³-hybridized carbons (Fsp3) is 0.310. The van der Waals surface area contributed by atoms with Crippen molar-refractivity contribution in [2.24, 2.45) is 5.73 Å². The number of nitrogens with two attached hydrogens (primary N) is 1. The number of hydrogen-bond acceptors (Lipinski definition) is 1. The predicted octanol–water partition coefficient (Wildman–Crippen LogP) is 16.0. The fourth-order valence-electron chi connectivity index (χ4n) is 10.2. The molecule has 4 aromatic carbocycles. The van der Waals surface area contributed by atoms with E-state index in [0.29, 0.717) is 5.92 Å². The molecule has 4 aromatic rings. The second-order valence-corrected chi connectivity index (χ2v) is 17.1. The first-order chi connectivity index (χ1) is 28.8. The van der Waals surface area contributed by atoms with Crippen molar-refractivity contribution in [3.8, 4) is 11.1 Å². The van der Waals surface area contributed by atoms with E-state index >= 15 is 0 Å². The van der Waals surface area contributed by atoms with Gasteiger partial charge in [0.1, 0.15) is 0 Å². The first-order valence-electron chi connectivity index (χ1n) is 22.4. The molecule has 7 rings (SSSR count). The maximum atomic E-state index is 7.37. The summed E-state index contributed by atoms with van der Waals surface area (Å²) in [5, 5.41) is 0. The minimum Gasteiger partial charge on any atom is -0.398 e. The average molecular weight is 776 g/mol. The molecule has 0 aliphatic heterocycles. The van der Waals surface area contributed by atoms with Crippen molar-refractivity contribution in [1.29, 1.82) is 0 Å². The quantitative estimate of drug-likeness (QED) is 0.136. The summed E-state index contributed by atoms with van der Waals surface area (Å²) in [5.74, 6) is 0.399. The molecule has 1 nitrogen and oxygen atoms in total. The summed E-state index contributed by atoms with van der Waals surface area (Å²) in [5.41, 5.74) is 28.5. The highest BCUT2D eigenvalue weighted by Gasteiger charge is 2.39. The van der Waals surface area contributed by atoms with E-state index in [0.717, 1.165) is 75.5 Å². The van der Waals surface area contributed by atoms with Crippen molar-refractivity contribution >= 4 is 11.3 Å². The second kappa shape index (κ2) is 19.1. The van der Waals surface area contributed by atoms with E-state index < -0.39 is 0 Å². The molecule has 3 aliphatic carbocycles. The maximum absolute atomic E-state index is 7.37. The van der Waals surface area contributed by atoms with Crippen LogP contribution in [0.3, 0.4) is 0 Å². The molecule has 0 radical (unpaired) electrons. The smallest absolute Gasteiger partial charge is 0.0396 e. The van der Waals surface area contributed by atoms with Gasteiger partial charge in [-0.1, -0.05) is 184 Å². The van der Waals surface area contributed by atoms with Crippen LogP contribution in [0.5, 0.6) is 0 Å². The van der Waals surface area contributed by atoms with Gasteiger partial charge < -0.3 is 5.73 Å². The summed E-state index contributed by atoms with van der Waals surface area (Å²) in [7, 11) is 0. The molecule has 0 heterocycles. The highest BCUT2D eigenvalue weighted by molar-refractivity contribution is 5.89. The van der Waals surface area contributed by atoms with Crippen LogP contribution >= 0.6 is 0 Å². The number of hydrogen-bond donors (Lipinski definition) is 1. The third kappa shape index (κ3) is 8.82. The van der Waals surface area contributed by atoms with Gasteiger partial charge in [0.15, 0.2) is 0 Å². The molecular weight excluding hydrogens is 711 g/mol. The van der Waals surface area contributed by atoms with Crippen molar-refractivity contribution in [3.05, 3.63) is 212 Å². The van der Waals surface area contributed by atoms with Crippen molar-refractivity contribution < 1.29 is 0 Å². The summed E-state index contributed by atoms with van der Waals surface area (Å²) >= 11 is 0. The van der Waals surface area contributed by atoms with Crippen molar-refractivity contribution in [2.75, 3.05) is 0 Å². The molecule has 0 aromatic heterocycles. The molecule has 3 aliphatic rings. The molecule has 0 amide bonds. The second-order valence-electron chi connectivity index (χ2n) is 17.1. The van der Waals surface area contributed by atoms with Gasteiger partial charge in [-0.2, -0.15) is 0 Å². The average Bonchev–Trinajstić information content (AvgIpc) is 3.28. The molecule has 0 fully saturated rings. The summed E-state index contributed by atoms with van der Waals surface area (Å²) in [6, 6.07) is 38.3. The Morgan fingerprint density at radius 1 is 0.729 bits per heavy atom. The van der Waals surface area contributed by atoms with Gasteiger partial charge in [-0.25, -0.2) is 0 Å². The Labute approximate surface area is 356 Å². The summed E-state index contributed by atoms with van der Waals surface area (Å²) in [6.45, 7) is 13.9. The van der Waals surface area contributed by atoms with Gasteiger partial charge in [-0.15, -0.1) is 0 Å². The topological polar surface area (TPSA) is 26.0 Å². The molecule has 0 spiro atoms. The fourth-order valence-corrected chi connectivity index (χ4v) is 10.2. The van der Waals surface area contributed by atoms with Crippen LogP contribution in [0.15, 0.2) is 185 Å². The normalized spacial score (nSPS) is 18.0. The largest absolute Gasteiger partial charge is 0.398 e. The number of allylic oxidation sites excluding steroid dienone is 15. The SMILES string of the molecule is CCCC(C1=CC=CCC1)(/C(CC)=C(\N)c1cccc(-c2ccc(C(C)CC3=C(/C(C)=C(/C4=C(C)CCC=C4)c4ccccc4C)C=CCC3)cc2)c1)c1ccccc1. The third-order valence-corrected chi connectivity index (χ3v) is 13.4. The van der Waals surface area contributed by atoms with E-state index in [-0.39, 0.29) is 5.41 Å². The summed E-state index contributed by atoms with van der Waals surface area (Å²) in [4.78, 5) is 0. The van der Waals surface area contributed by atoms with Crippen LogP contribution in [0.4, 0.5) is 0 Å². The summed E-state index contributed by atoms with van der Waals surface area (Å²) < 4.78 is 0. The van der Waals surface area contributed by atoms with Gasteiger partial charge in [0.25, 0.3) is 0 Å². The molecule has 1 heteroatoms. The highest BCUT2D eigenvalue weighted by atomic mass is 14.6. The van der Waals surface area contributed by atoms with Crippen LogP contribution in [0.2, 0.25) is 0 Å². The third-order valence-electron chi connectivity index (χ3n) is 13.4. The van der Waals surface area contributed by atoms with Crippen LogP contribution in [0, 0.1) is 6.92 Å². The van der Waals surface area contributed by atoms with E-state index in [9.17, 15) is 0 Å². The van der Waals surface area contributed by atoms with Crippen LogP contribution in [-0.2, 0) is 5.41 Å². The van der Waals surface area contributed by atoms with E-state index in [1.54, 1.807) is 5.57 Å². The van der Waals surface area contributed by atoms with Crippen LogP contribution in [-0.4, -0.2) is 0 Å². The summed E-state index contributed by atoms with van der Waals surface area (Å²) in [6.07, 6.45) is 27.1. The Morgan fingerprint density at radius 2 is 1.44 bits per heavy atom. The van der Waals surface area contributed by atoms with Gasteiger partial charge in [0.05, 0.1) is 0 Å². The Kier molecular flexibility index (Phi) is 13.5. The lowest BCUT2D eigenvalue weighted by atomic mass is 9.62. The lowest BCUT2D eigenvalue weighted by Gasteiger charge is -2.41. The molecule has 302 valence electrons. The Morgan fingerprint density at radius 3 is 2.14 bits per heavy atom. The molecule has 0 saturated heterocycles. The Balaban J connectivity index is 1.20. The molecule has 59 heavy (non-hydrogen) atoms. The van der Waals surface area contributed by atoms with Gasteiger partial charge in [0.2, 0.25) is 0 Å². The molecule has 2 atom stereocenters.